The second-order valence-electron chi connectivity index (χ2n) is 3.67. The molecule has 0 aromatic carbocycles. The summed E-state index contributed by atoms with van der Waals surface area (Å²) in [5.74, 6) is 1.68. The van der Waals surface area contributed by atoms with Crippen molar-refractivity contribution in [1.29, 1.82) is 0 Å². The fourth-order valence-electron chi connectivity index (χ4n) is 2.15. The van der Waals surface area contributed by atoms with Gasteiger partial charge in [0.05, 0.1) is 0 Å². The van der Waals surface area contributed by atoms with Crippen LogP contribution in [0.4, 0.5) is 4.79 Å². The Balaban J connectivity index is 1.93. The Bertz CT molecular complexity index is 181. The zero-order valence-electron chi connectivity index (χ0n) is 6.62. The third-order valence-electron chi connectivity index (χ3n) is 3.11. The van der Waals surface area contributed by atoms with Crippen LogP contribution >= 0.6 is 0 Å². The number of nitrogens with two attached hydrogens (primary N) is 1. The first kappa shape index (κ1) is 6.95. The van der Waals surface area contributed by atoms with E-state index in [1.165, 1.54) is 19.3 Å². The van der Waals surface area contributed by atoms with Gasteiger partial charge >= 0.3 is 6.03 Å². The predicted molar refractivity (Wildman–Crippen MR) is 42.0 cm³/mol. The lowest BCUT2D eigenvalue weighted by molar-refractivity contribution is 0.0662. The third-order valence-corrected chi connectivity index (χ3v) is 3.11. The number of nitrogens with zero attached hydrogens (tertiary/aromatic N) is 1. The van der Waals surface area contributed by atoms with Crippen LogP contribution < -0.4 is 5.73 Å². The Morgan fingerprint density at radius 3 is 2.45 bits per heavy atom. The number of carbonyl (C=O) groups is 1. The highest BCUT2D eigenvalue weighted by molar-refractivity contribution is 5.72. The van der Waals surface area contributed by atoms with E-state index < -0.39 is 0 Å². The predicted octanol–water partition coefficient (Wildman–Crippen LogP) is 0.797. The molecule has 1 aliphatic carbocycles. The average molecular weight is 154 g/mol. The number of piperidine rings is 1. The van der Waals surface area contributed by atoms with Crippen LogP contribution in [0.1, 0.15) is 19.3 Å². The minimum absolute atomic E-state index is 0.240. The van der Waals surface area contributed by atoms with Crippen molar-refractivity contribution in [2.45, 2.75) is 19.3 Å². The van der Waals surface area contributed by atoms with E-state index in [0.717, 1.165) is 24.9 Å². The summed E-state index contributed by atoms with van der Waals surface area (Å²) in [7, 11) is 0. The lowest BCUT2D eigenvalue weighted by atomic mass is 9.70. The largest absolute Gasteiger partial charge is 0.351 e. The summed E-state index contributed by atoms with van der Waals surface area (Å²) >= 11 is 0. The molecule has 11 heavy (non-hydrogen) atoms. The van der Waals surface area contributed by atoms with Crippen LogP contribution in [-0.2, 0) is 0 Å². The van der Waals surface area contributed by atoms with Gasteiger partial charge in [-0.1, -0.05) is 0 Å². The van der Waals surface area contributed by atoms with Crippen LogP contribution in [0.3, 0.4) is 0 Å². The molecule has 2 rings (SSSR count). The van der Waals surface area contributed by atoms with Crippen molar-refractivity contribution in [2.24, 2.45) is 17.6 Å². The molecule has 0 aromatic rings. The molecular formula is C8H14N2O. The molecule has 3 nitrogen and oxygen atoms in total. The normalized spacial score (nSPS) is 35.8. The molecule has 1 saturated carbocycles. The first-order chi connectivity index (χ1) is 5.27. The number of hydrogen-bond donors (Lipinski definition) is 1. The molecular weight excluding hydrogens is 140 g/mol. The van der Waals surface area contributed by atoms with E-state index in [0.29, 0.717) is 0 Å². The number of likely N-dealkylation sites (tertiary alicyclic amines) is 1. The monoisotopic (exact) mass is 154 g/mol. The summed E-state index contributed by atoms with van der Waals surface area (Å²) in [6.07, 6.45) is 3.85. The second kappa shape index (κ2) is 2.40. The molecule has 2 atom stereocenters. The number of carbonyl (C=O) groups excluding carboxylic acids is 1. The van der Waals surface area contributed by atoms with Gasteiger partial charge < -0.3 is 10.6 Å². The molecule has 0 spiro atoms. The van der Waals surface area contributed by atoms with Gasteiger partial charge in [-0.05, 0) is 31.1 Å². The van der Waals surface area contributed by atoms with E-state index in [4.69, 9.17) is 5.73 Å². The van der Waals surface area contributed by atoms with E-state index in [2.05, 4.69) is 0 Å². The first-order valence-electron chi connectivity index (χ1n) is 4.32. The van der Waals surface area contributed by atoms with E-state index in [-0.39, 0.29) is 6.03 Å². The number of hydrogen-bond acceptors (Lipinski definition) is 1. The lowest BCUT2D eigenvalue weighted by Crippen LogP contribution is -2.49. The molecule has 3 heteroatoms. The number of fused-ring (bicyclic) bond motifs is 1. The smallest absolute Gasteiger partial charge is 0.314 e. The SMILES string of the molecule is NC(=O)N1CCC2CCC2C1. The zero-order chi connectivity index (χ0) is 7.84. The summed E-state index contributed by atoms with van der Waals surface area (Å²) < 4.78 is 0. The molecule has 62 valence electrons. The molecule has 2 unspecified atom stereocenters. The van der Waals surface area contributed by atoms with Crippen molar-refractivity contribution in [1.82, 2.24) is 4.90 Å². The molecule has 0 bridgehead atoms. The molecule has 2 amide bonds. The fourth-order valence-corrected chi connectivity index (χ4v) is 2.15. The van der Waals surface area contributed by atoms with Crippen LogP contribution in [0.15, 0.2) is 0 Å². The number of rotatable bonds is 0. The summed E-state index contributed by atoms with van der Waals surface area (Å²) in [6, 6.07) is -0.240. The van der Waals surface area contributed by atoms with Gasteiger partial charge in [0, 0.05) is 13.1 Å². The van der Waals surface area contributed by atoms with Crippen LogP contribution in [0.5, 0.6) is 0 Å². The van der Waals surface area contributed by atoms with Gasteiger partial charge in [-0.25, -0.2) is 4.79 Å². The highest BCUT2D eigenvalue weighted by Crippen LogP contribution is 2.40. The summed E-state index contributed by atoms with van der Waals surface area (Å²) in [4.78, 5) is 12.6. The zero-order valence-corrected chi connectivity index (χ0v) is 6.62. The highest BCUT2D eigenvalue weighted by atomic mass is 16.2. The number of primary amides is 1. The Kier molecular flexibility index (Phi) is 1.51. The Morgan fingerprint density at radius 1 is 1.27 bits per heavy atom. The topological polar surface area (TPSA) is 46.3 Å². The minimum atomic E-state index is -0.240. The van der Waals surface area contributed by atoms with Gasteiger partial charge in [-0.2, -0.15) is 0 Å². The van der Waals surface area contributed by atoms with Crippen LogP contribution in [-0.4, -0.2) is 24.0 Å². The van der Waals surface area contributed by atoms with Gasteiger partial charge in [0.15, 0.2) is 0 Å². The molecule has 1 aliphatic heterocycles. The van der Waals surface area contributed by atoms with Crippen LogP contribution in [0.25, 0.3) is 0 Å². The minimum Gasteiger partial charge on any atom is -0.351 e. The van der Waals surface area contributed by atoms with Gasteiger partial charge in [0.2, 0.25) is 0 Å². The molecule has 2 N–H and O–H groups in total. The van der Waals surface area contributed by atoms with Crippen LogP contribution in [0.2, 0.25) is 0 Å². The molecule has 0 aromatic heterocycles. The van der Waals surface area contributed by atoms with E-state index in [9.17, 15) is 4.79 Å². The van der Waals surface area contributed by atoms with E-state index in [1.807, 2.05) is 0 Å². The molecule has 0 radical (unpaired) electrons. The van der Waals surface area contributed by atoms with Crippen molar-refractivity contribution in [3.8, 4) is 0 Å². The number of urea groups is 1. The molecule has 1 heterocycles. The average Bonchev–Trinajstić information content (AvgIpc) is 1.91. The van der Waals surface area contributed by atoms with Gasteiger partial charge in [-0.3, -0.25) is 0 Å². The lowest BCUT2D eigenvalue weighted by Gasteiger charge is -2.44. The van der Waals surface area contributed by atoms with E-state index >= 15 is 0 Å². The standard InChI is InChI=1S/C8H14N2O/c9-8(11)10-4-3-6-1-2-7(6)5-10/h6-7H,1-5H2,(H2,9,11). The molecule has 2 aliphatic rings. The molecule has 2 fully saturated rings. The number of amides is 2. The summed E-state index contributed by atoms with van der Waals surface area (Å²) in [5, 5.41) is 0. The van der Waals surface area contributed by atoms with E-state index in [1.54, 1.807) is 4.90 Å². The quantitative estimate of drug-likeness (QED) is 0.551. The summed E-state index contributed by atoms with van der Waals surface area (Å²) in [5.41, 5.74) is 5.19. The van der Waals surface area contributed by atoms with Crippen molar-refractivity contribution in [3.63, 3.8) is 0 Å². The fraction of sp³-hybridized carbons (Fsp3) is 0.875. The Labute approximate surface area is 66.5 Å². The Morgan fingerprint density at radius 2 is 2.00 bits per heavy atom. The van der Waals surface area contributed by atoms with Crippen LogP contribution in [0, 0.1) is 11.8 Å². The van der Waals surface area contributed by atoms with Crippen molar-refractivity contribution in [3.05, 3.63) is 0 Å². The maximum atomic E-state index is 10.8. The molecule has 1 saturated heterocycles. The maximum absolute atomic E-state index is 10.8. The first-order valence-corrected chi connectivity index (χ1v) is 4.32. The van der Waals surface area contributed by atoms with Gasteiger partial charge in [0.1, 0.15) is 0 Å². The van der Waals surface area contributed by atoms with Crippen molar-refractivity contribution < 1.29 is 4.79 Å². The highest BCUT2D eigenvalue weighted by Gasteiger charge is 2.36. The third kappa shape index (κ3) is 1.08. The maximum Gasteiger partial charge on any atom is 0.314 e. The van der Waals surface area contributed by atoms with Crippen molar-refractivity contribution >= 4 is 6.03 Å². The second-order valence-corrected chi connectivity index (χ2v) is 3.67. The Hall–Kier alpha value is -0.730. The van der Waals surface area contributed by atoms with Crippen molar-refractivity contribution in [2.75, 3.05) is 13.1 Å². The van der Waals surface area contributed by atoms with Gasteiger partial charge in [-0.15, -0.1) is 0 Å². The van der Waals surface area contributed by atoms with Gasteiger partial charge in [0.25, 0.3) is 0 Å². The summed E-state index contributed by atoms with van der Waals surface area (Å²) in [6.45, 7) is 1.80.